The highest BCUT2D eigenvalue weighted by atomic mass is 16.5. The fourth-order valence-electron chi connectivity index (χ4n) is 3.37. The van der Waals surface area contributed by atoms with Gasteiger partial charge in [-0.1, -0.05) is 38.1 Å². The number of carbonyl (C=O) groups is 3. The van der Waals surface area contributed by atoms with Crippen molar-refractivity contribution in [3.63, 3.8) is 0 Å². The number of nitrogens with zero attached hydrogens (tertiary/aromatic N) is 1. The number of hydrogen-bond acceptors (Lipinski definition) is 4. The van der Waals surface area contributed by atoms with E-state index < -0.39 is 17.8 Å². The molecular formula is C21H21NO4. The molecule has 2 amide bonds. The van der Waals surface area contributed by atoms with Gasteiger partial charge in [-0.3, -0.25) is 9.59 Å². The zero-order valence-corrected chi connectivity index (χ0v) is 15.2. The van der Waals surface area contributed by atoms with E-state index in [0.717, 1.165) is 11.1 Å². The largest absolute Gasteiger partial charge is 0.462 e. The number of aryl methyl sites for hydroxylation is 2. The molecule has 2 aromatic carbocycles. The monoisotopic (exact) mass is 351 g/mol. The van der Waals surface area contributed by atoms with E-state index in [4.69, 9.17) is 4.74 Å². The van der Waals surface area contributed by atoms with Crippen molar-refractivity contribution in [3.05, 3.63) is 64.2 Å². The van der Waals surface area contributed by atoms with Crippen LogP contribution in [0.15, 0.2) is 36.4 Å². The van der Waals surface area contributed by atoms with E-state index in [1.165, 1.54) is 11.0 Å². The number of imide groups is 1. The van der Waals surface area contributed by atoms with Crippen molar-refractivity contribution in [2.24, 2.45) is 0 Å². The second-order valence-electron chi connectivity index (χ2n) is 6.03. The number of carbonyl (C=O) groups excluding carboxylic acids is 3. The van der Waals surface area contributed by atoms with Crippen LogP contribution in [0.1, 0.15) is 63.0 Å². The minimum absolute atomic E-state index is 0.129. The number of anilines is 1. The number of ether oxygens (including phenoxy) is 1. The van der Waals surface area contributed by atoms with E-state index in [2.05, 4.69) is 0 Å². The van der Waals surface area contributed by atoms with Gasteiger partial charge in [-0.25, -0.2) is 9.69 Å². The van der Waals surface area contributed by atoms with Crippen molar-refractivity contribution in [1.82, 2.24) is 0 Å². The summed E-state index contributed by atoms with van der Waals surface area (Å²) < 4.78 is 5.05. The van der Waals surface area contributed by atoms with E-state index in [0.29, 0.717) is 18.5 Å². The van der Waals surface area contributed by atoms with Gasteiger partial charge < -0.3 is 4.74 Å². The minimum Gasteiger partial charge on any atom is -0.462 e. The lowest BCUT2D eigenvalue weighted by Gasteiger charge is -2.21. The highest BCUT2D eigenvalue weighted by Gasteiger charge is 2.41. The molecule has 26 heavy (non-hydrogen) atoms. The maximum Gasteiger partial charge on any atom is 0.338 e. The van der Waals surface area contributed by atoms with Crippen LogP contribution in [0.25, 0.3) is 0 Å². The lowest BCUT2D eigenvalue weighted by Crippen LogP contribution is -2.31. The van der Waals surface area contributed by atoms with Gasteiger partial charge >= 0.3 is 5.97 Å². The molecule has 0 radical (unpaired) electrons. The predicted octanol–water partition coefficient (Wildman–Crippen LogP) is 3.79. The van der Waals surface area contributed by atoms with Gasteiger partial charge in [0.2, 0.25) is 0 Å². The Morgan fingerprint density at radius 3 is 2.12 bits per heavy atom. The van der Waals surface area contributed by atoms with Gasteiger partial charge in [0.15, 0.2) is 0 Å². The zero-order valence-electron chi connectivity index (χ0n) is 15.2. The second-order valence-corrected chi connectivity index (χ2v) is 6.03. The fourth-order valence-corrected chi connectivity index (χ4v) is 3.37. The third-order valence-electron chi connectivity index (χ3n) is 4.60. The van der Waals surface area contributed by atoms with Crippen molar-refractivity contribution in [3.8, 4) is 0 Å². The van der Waals surface area contributed by atoms with Crippen LogP contribution in [0, 0.1) is 0 Å². The molecule has 0 unspecified atom stereocenters. The third-order valence-corrected chi connectivity index (χ3v) is 4.60. The molecule has 134 valence electrons. The Hall–Kier alpha value is -2.95. The van der Waals surface area contributed by atoms with Crippen molar-refractivity contribution < 1.29 is 19.1 Å². The number of hydrogen-bond donors (Lipinski definition) is 0. The molecule has 0 aromatic heterocycles. The summed E-state index contributed by atoms with van der Waals surface area (Å²) in [6, 6.07) is 10.5. The molecule has 3 rings (SSSR count). The number of fused-ring (bicyclic) bond motifs is 1. The van der Waals surface area contributed by atoms with Crippen molar-refractivity contribution in [2.75, 3.05) is 11.5 Å². The molecule has 5 heteroatoms. The molecule has 0 atom stereocenters. The van der Waals surface area contributed by atoms with Crippen molar-refractivity contribution >= 4 is 23.5 Å². The van der Waals surface area contributed by atoms with E-state index in [-0.39, 0.29) is 23.3 Å². The van der Waals surface area contributed by atoms with E-state index >= 15 is 0 Å². The van der Waals surface area contributed by atoms with Crippen LogP contribution in [0.4, 0.5) is 5.69 Å². The maximum absolute atomic E-state index is 13.2. The molecule has 5 nitrogen and oxygen atoms in total. The first-order valence-corrected chi connectivity index (χ1v) is 8.84. The second kappa shape index (κ2) is 7.12. The first-order chi connectivity index (χ1) is 12.5. The molecule has 0 saturated heterocycles. The molecular weight excluding hydrogens is 330 g/mol. The Bertz CT molecular complexity index is 879. The maximum atomic E-state index is 13.2. The number of benzene rings is 2. The first kappa shape index (κ1) is 17.9. The number of amides is 2. The fraction of sp³-hybridized carbons (Fsp3) is 0.286. The van der Waals surface area contributed by atoms with Gasteiger partial charge in [-0.15, -0.1) is 0 Å². The average Bonchev–Trinajstić information content (AvgIpc) is 2.91. The highest BCUT2D eigenvalue weighted by Crippen LogP contribution is 2.35. The van der Waals surface area contributed by atoms with Gasteiger partial charge in [-0.05, 0) is 43.0 Å². The van der Waals surface area contributed by atoms with Crippen LogP contribution in [0.5, 0.6) is 0 Å². The molecule has 0 N–H and O–H groups in total. The number of esters is 1. The average molecular weight is 351 g/mol. The summed E-state index contributed by atoms with van der Waals surface area (Å²) in [7, 11) is 0. The standard InChI is InChI=1S/C21H21NO4/c1-4-13-9-7-10-14(5-2)18(13)22-19(23)15-11-8-12-16(17(15)20(22)24)21(25)26-6-3/h7-12H,4-6H2,1-3H3. The van der Waals surface area contributed by atoms with E-state index in [9.17, 15) is 14.4 Å². The van der Waals surface area contributed by atoms with Crippen molar-refractivity contribution in [1.29, 1.82) is 0 Å². The molecule has 0 saturated carbocycles. The Morgan fingerprint density at radius 1 is 0.923 bits per heavy atom. The zero-order chi connectivity index (χ0) is 18.8. The normalized spacial score (nSPS) is 13.1. The van der Waals surface area contributed by atoms with Gasteiger partial charge in [0.05, 0.1) is 29.0 Å². The van der Waals surface area contributed by atoms with Gasteiger partial charge in [-0.2, -0.15) is 0 Å². The SMILES string of the molecule is CCOC(=O)c1cccc2c1C(=O)N(c1c(CC)cccc1CC)C2=O. The lowest BCUT2D eigenvalue weighted by atomic mass is 10.0. The molecule has 0 aliphatic carbocycles. The molecule has 0 spiro atoms. The topological polar surface area (TPSA) is 63.7 Å². The van der Waals surface area contributed by atoms with Gasteiger partial charge in [0.25, 0.3) is 11.8 Å². The summed E-state index contributed by atoms with van der Waals surface area (Å²) in [5.74, 6) is -1.46. The molecule has 1 heterocycles. The number of para-hydroxylation sites is 1. The highest BCUT2D eigenvalue weighted by molar-refractivity contribution is 6.36. The van der Waals surface area contributed by atoms with Crippen LogP contribution in [0.2, 0.25) is 0 Å². The first-order valence-electron chi connectivity index (χ1n) is 8.84. The summed E-state index contributed by atoms with van der Waals surface area (Å²) in [5.41, 5.74) is 3.00. The lowest BCUT2D eigenvalue weighted by molar-refractivity contribution is 0.0523. The Balaban J connectivity index is 2.18. The van der Waals surface area contributed by atoms with Crippen molar-refractivity contribution in [2.45, 2.75) is 33.6 Å². The molecule has 2 aromatic rings. The molecule has 1 aliphatic rings. The Morgan fingerprint density at radius 2 is 1.54 bits per heavy atom. The van der Waals surface area contributed by atoms with Gasteiger partial charge in [0, 0.05) is 0 Å². The predicted molar refractivity (Wildman–Crippen MR) is 98.7 cm³/mol. The summed E-state index contributed by atoms with van der Waals surface area (Å²) in [5, 5.41) is 0. The minimum atomic E-state index is -0.591. The Kier molecular flexibility index (Phi) is 4.89. The van der Waals surface area contributed by atoms with Crippen LogP contribution < -0.4 is 4.90 Å². The summed E-state index contributed by atoms with van der Waals surface area (Å²) in [6.07, 6.45) is 1.39. The van der Waals surface area contributed by atoms with Crippen LogP contribution in [0.3, 0.4) is 0 Å². The van der Waals surface area contributed by atoms with Gasteiger partial charge in [0.1, 0.15) is 0 Å². The summed E-state index contributed by atoms with van der Waals surface area (Å²) >= 11 is 0. The third kappa shape index (κ3) is 2.69. The quantitative estimate of drug-likeness (QED) is 0.607. The smallest absolute Gasteiger partial charge is 0.338 e. The summed E-state index contributed by atoms with van der Waals surface area (Å²) in [6.45, 7) is 5.87. The molecule has 1 aliphatic heterocycles. The van der Waals surface area contributed by atoms with Crippen LogP contribution in [-0.2, 0) is 17.6 Å². The van der Waals surface area contributed by atoms with Crippen LogP contribution in [-0.4, -0.2) is 24.4 Å². The van der Waals surface area contributed by atoms with E-state index in [1.807, 2.05) is 32.0 Å². The number of rotatable bonds is 5. The Labute approximate surface area is 152 Å². The summed E-state index contributed by atoms with van der Waals surface area (Å²) in [4.78, 5) is 39.7. The molecule has 0 fully saturated rings. The van der Waals surface area contributed by atoms with E-state index in [1.54, 1.807) is 19.1 Å². The van der Waals surface area contributed by atoms with Crippen LogP contribution >= 0.6 is 0 Å². The molecule has 0 bridgehead atoms.